The van der Waals surface area contributed by atoms with E-state index in [-0.39, 0.29) is 0 Å². The van der Waals surface area contributed by atoms with Gasteiger partial charge >= 0.3 is 5.97 Å². The first-order valence-corrected chi connectivity index (χ1v) is 4.81. The number of carbonyl (C=O) groups is 1. The highest BCUT2D eigenvalue weighted by atomic mass is 32.2. The Balaban J connectivity index is 3.48. The second kappa shape index (κ2) is 6.28. The largest absolute Gasteiger partial charge is 0.478 e. The molecule has 0 aliphatic rings. The number of rotatable bonds is 5. The molecule has 2 nitrogen and oxygen atoms in total. The lowest BCUT2D eigenvalue weighted by atomic mass is 10.2. The SMILES string of the molecule is CCSCC/C=C(\C)C(=O)O. The fourth-order valence-electron chi connectivity index (χ4n) is 0.590. The molecule has 0 heterocycles. The Kier molecular flexibility index (Phi) is 6.03. The summed E-state index contributed by atoms with van der Waals surface area (Å²) >= 11 is 1.82. The molecule has 0 spiro atoms. The van der Waals surface area contributed by atoms with Crippen LogP contribution in [0.3, 0.4) is 0 Å². The highest BCUT2D eigenvalue weighted by Gasteiger charge is 1.96. The van der Waals surface area contributed by atoms with Crippen LogP contribution in [-0.4, -0.2) is 22.6 Å². The van der Waals surface area contributed by atoms with Gasteiger partial charge in [0.15, 0.2) is 0 Å². The number of hydrogen-bond acceptors (Lipinski definition) is 2. The van der Waals surface area contributed by atoms with E-state index in [2.05, 4.69) is 6.92 Å². The molecule has 11 heavy (non-hydrogen) atoms. The van der Waals surface area contributed by atoms with Crippen LogP contribution in [0.25, 0.3) is 0 Å². The molecule has 1 N–H and O–H groups in total. The summed E-state index contributed by atoms with van der Waals surface area (Å²) in [5, 5.41) is 8.46. The van der Waals surface area contributed by atoms with Crippen LogP contribution in [0.15, 0.2) is 11.6 Å². The maximum atomic E-state index is 10.3. The molecule has 64 valence electrons. The smallest absolute Gasteiger partial charge is 0.330 e. The molecular weight excluding hydrogens is 160 g/mol. The van der Waals surface area contributed by atoms with E-state index < -0.39 is 5.97 Å². The summed E-state index contributed by atoms with van der Waals surface area (Å²) in [5.41, 5.74) is 0.446. The van der Waals surface area contributed by atoms with Crippen LogP contribution in [0.4, 0.5) is 0 Å². The Morgan fingerprint density at radius 2 is 2.27 bits per heavy atom. The molecule has 0 rings (SSSR count). The van der Waals surface area contributed by atoms with Crippen LogP contribution in [0.1, 0.15) is 20.3 Å². The summed E-state index contributed by atoms with van der Waals surface area (Å²) in [6, 6.07) is 0. The standard InChI is InChI=1S/C8H14O2S/c1-3-11-6-4-5-7(2)8(9)10/h5H,3-4,6H2,1-2H3,(H,9,10)/b7-5+. The van der Waals surface area contributed by atoms with Crippen molar-refractivity contribution in [3.05, 3.63) is 11.6 Å². The number of hydrogen-bond donors (Lipinski definition) is 1. The predicted octanol–water partition coefficient (Wildman–Crippen LogP) is 2.16. The maximum Gasteiger partial charge on any atom is 0.330 e. The Morgan fingerprint density at radius 1 is 1.64 bits per heavy atom. The summed E-state index contributed by atoms with van der Waals surface area (Å²) in [5.74, 6) is 1.30. The van der Waals surface area contributed by atoms with E-state index in [0.717, 1.165) is 17.9 Å². The van der Waals surface area contributed by atoms with E-state index in [0.29, 0.717) is 5.57 Å². The van der Waals surface area contributed by atoms with Gasteiger partial charge in [-0.2, -0.15) is 11.8 Å². The fraction of sp³-hybridized carbons (Fsp3) is 0.625. The molecule has 0 bridgehead atoms. The highest BCUT2D eigenvalue weighted by molar-refractivity contribution is 7.99. The molecule has 0 fully saturated rings. The molecular formula is C8H14O2S. The monoisotopic (exact) mass is 174 g/mol. The van der Waals surface area contributed by atoms with Gasteiger partial charge in [-0.05, 0) is 24.9 Å². The van der Waals surface area contributed by atoms with Crippen molar-refractivity contribution >= 4 is 17.7 Å². The van der Waals surface area contributed by atoms with Gasteiger partial charge in [0.2, 0.25) is 0 Å². The summed E-state index contributed by atoms with van der Waals surface area (Å²) in [6.45, 7) is 3.72. The van der Waals surface area contributed by atoms with Gasteiger partial charge < -0.3 is 5.11 Å². The van der Waals surface area contributed by atoms with Gasteiger partial charge in [-0.15, -0.1) is 0 Å². The maximum absolute atomic E-state index is 10.3. The first-order valence-electron chi connectivity index (χ1n) is 3.66. The average Bonchev–Trinajstić information content (AvgIpc) is 1.97. The van der Waals surface area contributed by atoms with Crippen LogP contribution in [0.5, 0.6) is 0 Å². The van der Waals surface area contributed by atoms with Gasteiger partial charge in [-0.25, -0.2) is 4.79 Å². The van der Waals surface area contributed by atoms with E-state index in [4.69, 9.17) is 5.11 Å². The third-order valence-electron chi connectivity index (χ3n) is 1.25. The lowest BCUT2D eigenvalue weighted by Gasteiger charge is -1.94. The van der Waals surface area contributed by atoms with E-state index in [1.165, 1.54) is 0 Å². The minimum Gasteiger partial charge on any atom is -0.478 e. The Bertz CT molecular complexity index is 152. The highest BCUT2D eigenvalue weighted by Crippen LogP contribution is 2.03. The topological polar surface area (TPSA) is 37.3 Å². The van der Waals surface area contributed by atoms with Crippen molar-refractivity contribution in [2.24, 2.45) is 0 Å². The molecule has 0 aliphatic carbocycles. The van der Waals surface area contributed by atoms with Gasteiger partial charge in [0.25, 0.3) is 0 Å². The average molecular weight is 174 g/mol. The molecule has 0 saturated carbocycles. The van der Waals surface area contributed by atoms with Crippen molar-refractivity contribution in [3.8, 4) is 0 Å². The Morgan fingerprint density at radius 3 is 2.73 bits per heavy atom. The first-order chi connectivity index (χ1) is 5.18. The van der Waals surface area contributed by atoms with Crippen molar-refractivity contribution in [1.82, 2.24) is 0 Å². The third kappa shape index (κ3) is 5.98. The lowest BCUT2D eigenvalue weighted by molar-refractivity contribution is -0.132. The van der Waals surface area contributed by atoms with E-state index in [1.54, 1.807) is 13.0 Å². The van der Waals surface area contributed by atoms with E-state index in [9.17, 15) is 4.79 Å². The van der Waals surface area contributed by atoms with Crippen molar-refractivity contribution in [2.45, 2.75) is 20.3 Å². The second-order valence-electron chi connectivity index (χ2n) is 2.18. The summed E-state index contributed by atoms with van der Waals surface area (Å²) in [6.07, 6.45) is 2.63. The summed E-state index contributed by atoms with van der Waals surface area (Å²) in [7, 11) is 0. The minimum absolute atomic E-state index is 0.446. The van der Waals surface area contributed by atoms with Gasteiger partial charge in [0, 0.05) is 5.57 Å². The third-order valence-corrected chi connectivity index (χ3v) is 2.19. The van der Waals surface area contributed by atoms with Crippen LogP contribution >= 0.6 is 11.8 Å². The van der Waals surface area contributed by atoms with Gasteiger partial charge in [0.05, 0.1) is 0 Å². The molecule has 0 radical (unpaired) electrons. The molecule has 0 aromatic carbocycles. The molecule has 0 atom stereocenters. The first kappa shape index (κ1) is 10.6. The molecule has 0 aliphatic heterocycles. The fourth-order valence-corrected chi connectivity index (χ4v) is 1.16. The van der Waals surface area contributed by atoms with Crippen LogP contribution in [0, 0.1) is 0 Å². The normalized spacial score (nSPS) is 11.6. The number of carboxylic acid groups (broad SMARTS) is 1. The summed E-state index contributed by atoms with van der Waals surface area (Å²) in [4.78, 5) is 10.3. The molecule has 0 aromatic heterocycles. The minimum atomic E-state index is -0.813. The quantitative estimate of drug-likeness (QED) is 0.512. The van der Waals surface area contributed by atoms with Crippen molar-refractivity contribution in [3.63, 3.8) is 0 Å². The lowest BCUT2D eigenvalue weighted by Crippen LogP contribution is -1.95. The van der Waals surface area contributed by atoms with Crippen LogP contribution < -0.4 is 0 Å². The number of allylic oxidation sites excluding steroid dienone is 1. The molecule has 0 saturated heterocycles. The molecule has 0 unspecified atom stereocenters. The van der Waals surface area contributed by atoms with Crippen LogP contribution in [-0.2, 0) is 4.79 Å². The zero-order valence-corrected chi connectivity index (χ0v) is 7.78. The van der Waals surface area contributed by atoms with Crippen molar-refractivity contribution in [1.29, 1.82) is 0 Å². The van der Waals surface area contributed by atoms with Gasteiger partial charge in [-0.1, -0.05) is 13.0 Å². The van der Waals surface area contributed by atoms with Crippen LogP contribution in [0.2, 0.25) is 0 Å². The van der Waals surface area contributed by atoms with E-state index in [1.807, 2.05) is 11.8 Å². The number of thioether (sulfide) groups is 1. The Labute approximate surface area is 71.7 Å². The number of aliphatic carboxylic acids is 1. The van der Waals surface area contributed by atoms with Gasteiger partial charge in [0.1, 0.15) is 0 Å². The van der Waals surface area contributed by atoms with E-state index >= 15 is 0 Å². The summed E-state index contributed by atoms with van der Waals surface area (Å²) < 4.78 is 0. The van der Waals surface area contributed by atoms with Crippen molar-refractivity contribution in [2.75, 3.05) is 11.5 Å². The second-order valence-corrected chi connectivity index (χ2v) is 3.57. The number of carboxylic acids is 1. The van der Waals surface area contributed by atoms with Gasteiger partial charge in [-0.3, -0.25) is 0 Å². The zero-order valence-electron chi connectivity index (χ0n) is 6.96. The zero-order chi connectivity index (χ0) is 8.69. The molecule has 3 heteroatoms. The molecule has 0 amide bonds. The Hall–Kier alpha value is -0.440. The molecule has 0 aromatic rings. The van der Waals surface area contributed by atoms with Crippen molar-refractivity contribution < 1.29 is 9.90 Å². The predicted molar refractivity (Wildman–Crippen MR) is 49.0 cm³/mol.